The highest BCUT2D eigenvalue weighted by atomic mass is 32.1. The van der Waals surface area contributed by atoms with Crippen LogP contribution < -0.4 is 5.56 Å². The number of carbonyl (C=O) groups excluding carboxylic acids is 1. The third-order valence-corrected chi connectivity index (χ3v) is 6.40. The maximum absolute atomic E-state index is 13.0. The van der Waals surface area contributed by atoms with Gasteiger partial charge in [0.25, 0.3) is 11.5 Å². The first-order valence-corrected chi connectivity index (χ1v) is 11.1. The number of amides is 1. The molecule has 1 amide bonds. The molecule has 0 bridgehead atoms. The van der Waals surface area contributed by atoms with Crippen LogP contribution >= 0.6 is 23.6 Å². The molecule has 156 valence electrons. The zero-order valence-electron chi connectivity index (χ0n) is 16.8. The number of carbonyl (C=O) groups is 1. The maximum Gasteiger partial charge on any atom is 0.262 e. The quantitative estimate of drug-likeness (QED) is 0.487. The van der Waals surface area contributed by atoms with E-state index in [1.165, 1.54) is 4.57 Å². The SMILES string of the molecule is C=CCn1c(=S)[nH]c2cc(C(=O)N3CCN(Cc4csc(C)n4)CC3)ccc2c1=O. The molecule has 1 aliphatic rings. The molecule has 1 fully saturated rings. The fourth-order valence-corrected chi connectivity index (χ4v) is 4.56. The van der Waals surface area contributed by atoms with Crippen LogP contribution in [0.25, 0.3) is 10.9 Å². The Hall–Kier alpha value is -2.62. The van der Waals surface area contributed by atoms with Crippen molar-refractivity contribution in [3.8, 4) is 0 Å². The van der Waals surface area contributed by atoms with Gasteiger partial charge in [0, 0.05) is 50.2 Å². The average molecular weight is 442 g/mol. The first kappa shape index (κ1) is 20.6. The molecule has 1 saturated heterocycles. The summed E-state index contributed by atoms with van der Waals surface area (Å²) in [6.07, 6.45) is 1.63. The number of allylic oxidation sites excluding steroid dienone is 1. The number of piperazine rings is 1. The summed E-state index contributed by atoms with van der Waals surface area (Å²) >= 11 is 6.95. The molecule has 9 heteroatoms. The third kappa shape index (κ3) is 4.14. The van der Waals surface area contributed by atoms with Gasteiger partial charge in [-0.2, -0.15) is 0 Å². The van der Waals surface area contributed by atoms with Crippen LogP contribution in [-0.4, -0.2) is 56.4 Å². The lowest BCUT2D eigenvalue weighted by Crippen LogP contribution is -2.48. The normalized spacial score (nSPS) is 14.9. The summed E-state index contributed by atoms with van der Waals surface area (Å²) in [5.41, 5.74) is 2.04. The minimum atomic E-state index is -0.182. The minimum Gasteiger partial charge on any atom is -0.336 e. The Bertz CT molecular complexity index is 1220. The van der Waals surface area contributed by atoms with Crippen LogP contribution in [0.2, 0.25) is 0 Å². The van der Waals surface area contributed by atoms with Crippen molar-refractivity contribution in [3.05, 3.63) is 67.6 Å². The van der Waals surface area contributed by atoms with Gasteiger partial charge < -0.3 is 9.88 Å². The summed E-state index contributed by atoms with van der Waals surface area (Å²) in [6.45, 7) is 9.78. The molecule has 1 N–H and O–H groups in total. The topological polar surface area (TPSA) is 74.2 Å². The Morgan fingerprint density at radius 3 is 2.77 bits per heavy atom. The van der Waals surface area contributed by atoms with Crippen LogP contribution in [0.15, 0.2) is 41.0 Å². The van der Waals surface area contributed by atoms with Gasteiger partial charge in [0.15, 0.2) is 4.77 Å². The van der Waals surface area contributed by atoms with Crippen LogP contribution in [0.3, 0.4) is 0 Å². The van der Waals surface area contributed by atoms with E-state index < -0.39 is 0 Å². The summed E-state index contributed by atoms with van der Waals surface area (Å²) in [7, 11) is 0. The summed E-state index contributed by atoms with van der Waals surface area (Å²) in [5, 5.41) is 3.67. The van der Waals surface area contributed by atoms with Crippen molar-refractivity contribution in [3.63, 3.8) is 0 Å². The molecule has 2 aromatic heterocycles. The Morgan fingerprint density at radius 1 is 1.33 bits per heavy atom. The summed E-state index contributed by atoms with van der Waals surface area (Å²) in [4.78, 5) is 37.4. The first-order chi connectivity index (χ1) is 14.5. The molecule has 1 aliphatic heterocycles. The molecule has 0 spiro atoms. The van der Waals surface area contributed by atoms with Crippen LogP contribution in [0.5, 0.6) is 0 Å². The highest BCUT2D eigenvalue weighted by molar-refractivity contribution is 7.71. The number of H-pyrrole nitrogens is 1. The van der Waals surface area contributed by atoms with E-state index >= 15 is 0 Å². The number of nitrogens with one attached hydrogen (secondary N) is 1. The second kappa shape index (κ2) is 8.63. The highest BCUT2D eigenvalue weighted by Gasteiger charge is 2.23. The average Bonchev–Trinajstić information content (AvgIpc) is 3.15. The van der Waals surface area contributed by atoms with Crippen molar-refractivity contribution in [2.45, 2.75) is 20.0 Å². The standard InChI is InChI=1S/C21H23N5O2S2/c1-3-6-26-20(28)17-5-4-15(11-18(17)23-21(26)29)19(27)25-9-7-24(8-10-25)12-16-13-30-14(2)22-16/h3-5,11,13H,1,6-10,12H2,2H3,(H,23,29). The van der Waals surface area contributed by atoms with Crippen molar-refractivity contribution in [1.29, 1.82) is 0 Å². The highest BCUT2D eigenvalue weighted by Crippen LogP contribution is 2.16. The van der Waals surface area contributed by atoms with Gasteiger partial charge in [-0.05, 0) is 37.3 Å². The van der Waals surface area contributed by atoms with Crippen molar-refractivity contribution >= 4 is 40.4 Å². The van der Waals surface area contributed by atoms with Gasteiger partial charge in [0.1, 0.15) is 0 Å². The van der Waals surface area contributed by atoms with E-state index in [1.54, 1.807) is 35.6 Å². The van der Waals surface area contributed by atoms with Crippen LogP contribution in [0.1, 0.15) is 21.1 Å². The van der Waals surface area contributed by atoms with E-state index in [0.717, 1.165) is 30.3 Å². The molecule has 0 atom stereocenters. The number of thiazole rings is 1. The summed E-state index contributed by atoms with van der Waals surface area (Å²) in [6, 6.07) is 5.12. The van der Waals surface area contributed by atoms with Crippen molar-refractivity contribution in [2.75, 3.05) is 26.2 Å². The van der Waals surface area contributed by atoms with Crippen LogP contribution in [0, 0.1) is 11.7 Å². The lowest BCUT2D eigenvalue weighted by Gasteiger charge is -2.34. The van der Waals surface area contributed by atoms with Gasteiger partial charge in [-0.25, -0.2) is 4.98 Å². The molecule has 3 aromatic rings. The lowest BCUT2D eigenvalue weighted by atomic mass is 10.1. The number of aromatic amines is 1. The monoisotopic (exact) mass is 441 g/mol. The Balaban J connectivity index is 1.48. The zero-order chi connectivity index (χ0) is 21.3. The number of fused-ring (bicyclic) bond motifs is 1. The molecule has 7 nitrogen and oxygen atoms in total. The molecule has 4 rings (SSSR count). The number of aromatic nitrogens is 3. The van der Waals surface area contributed by atoms with Crippen LogP contribution in [0.4, 0.5) is 0 Å². The number of hydrogen-bond acceptors (Lipinski definition) is 6. The van der Waals surface area contributed by atoms with Crippen molar-refractivity contribution in [1.82, 2.24) is 24.3 Å². The largest absolute Gasteiger partial charge is 0.336 e. The number of rotatable bonds is 5. The van der Waals surface area contributed by atoms with Gasteiger partial charge in [-0.1, -0.05) is 6.08 Å². The Labute approximate surface area is 183 Å². The second-order valence-corrected chi connectivity index (χ2v) is 8.77. The van der Waals surface area contributed by atoms with Gasteiger partial charge in [-0.3, -0.25) is 19.1 Å². The minimum absolute atomic E-state index is 0.0318. The van der Waals surface area contributed by atoms with Crippen molar-refractivity contribution < 1.29 is 4.79 Å². The lowest BCUT2D eigenvalue weighted by molar-refractivity contribution is 0.0627. The molecule has 0 unspecified atom stereocenters. The molecular formula is C21H23N5O2S2. The van der Waals surface area contributed by atoms with E-state index in [1.807, 2.05) is 11.8 Å². The first-order valence-electron chi connectivity index (χ1n) is 9.76. The fourth-order valence-electron chi connectivity index (χ4n) is 3.68. The molecule has 0 aliphatic carbocycles. The molecule has 0 radical (unpaired) electrons. The van der Waals surface area contributed by atoms with Gasteiger partial charge in [0.05, 0.1) is 21.6 Å². The number of benzene rings is 1. The predicted octanol–water partition coefficient (Wildman–Crippen LogP) is 2.97. The molecular weight excluding hydrogens is 418 g/mol. The summed E-state index contributed by atoms with van der Waals surface area (Å²) in [5.74, 6) is -0.0318. The number of hydrogen-bond donors (Lipinski definition) is 1. The van der Waals surface area contributed by atoms with Crippen molar-refractivity contribution in [2.24, 2.45) is 0 Å². The van der Waals surface area contributed by atoms with Gasteiger partial charge in [0.2, 0.25) is 0 Å². The zero-order valence-corrected chi connectivity index (χ0v) is 18.4. The van der Waals surface area contributed by atoms with E-state index in [-0.39, 0.29) is 11.5 Å². The number of nitrogens with zero attached hydrogens (tertiary/aromatic N) is 4. The smallest absolute Gasteiger partial charge is 0.262 e. The van der Waals surface area contributed by atoms with E-state index in [4.69, 9.17) is 12.2 Å². The number of aryl methyl sites for hydroxylation is 1. The molecule has 1 aromatic carbocycles. The van der Waals surface area contributed by atoms with Crippen LogP contribution in [-0.2, 0) is 13.1 Å². The molecule has 3 heterocycles. The third-order valence-electron chi connectivity index (χ3n) is 5.25. The summed E-state index contributed by atoms with van der Waals surface area (Å²) < 4.78 is 1.78. The van der Waals surface area contributed by atoms with E-state index in [9.17, 15) is 9.59 Å². The Morgan fingerprint density at radius 2 is 2.10 bits per heavy atom. The second-order valence-electron chi connectivity index (χ2n) is 7.32. The fraction of sp³-hybridized carbons (Fsp3) is 0.333. The van der Waals surface area contributed by atoms with Gasteiger partial charge in [-0.15, -0.1) is 17.9 Å². The molecule has 30 heavy (non-hydrogen) atoms. The predicted molar refractivity (Wildman–Crippen MR) is 122 cm³/mol. The van der Waals surface area contributed by atoms with E-state index in [2.05, 4.69) is 26.8 Å². The maximum atomic E-state index is 13.0. The van der Waals surface area contributed by atoms with Gasteiger partial charge >= 0.3 is 0 Å². The van der Waals surface area contributed by atoms with E-state index in [0.29, 0.717) is 40.9 Å². The molecule has 0 saturated carbocycles. The Kier molecular flexibility index (Phi) is 5.94.